The zero-order valence-electron chi connectivity index (χ0n) is 17.8. The Morgan fingerprint density at radius 2 is 1.50 bits per heavy atom. The second kappa shape index (κ2) is 8.25. The molecule has 3 aromatic carbocycles. The molecule has 0 aliphatic carbocycles. The molecule has 1 aliphatic rings. The summed E-state index contributed by atoms with van der Waals surface area (Å²) in [5.74, 6) is 0.493. The first-order valence-electron chi connectivity index (χ1n) is 9.85. The summed E-state index contributed by atoms with van der Waals surface area (Å²) < 4.78 is 38.9. The van der Waals surface area contributed by atoms with E-state index >= 15 is 0 Å². The molecule has 1 unspecified atom stereocenters. The van der Waals surface area contributed by atoms with Gasteiger partial charge in [-0.1, -0.05) is 48.0 Å². The van der Waals surface area contributed by atoms with Gasteiger partial charge < -0.3 is 9.47 Å². The van der Waals surface area contributed by atoms with Gasteiger partial charge in [-0.2, -0.15) is 4.31 Å². The highest BCUT2D eigenvalue weighted by atomic mass is 32.2. The van der Waals surface area contributed by atoms with Crippen molar-refractivity contribution in [3.05, 3.63) is 93.5 Å². The van der Waals surface area contributed by atoms with Gasteiger partial charge in [-0.05, 0) is 30.7 Å². The predicted molar refractivity (Wildman–Crippen MR) is 118 cm³/mol. The lowest BCUT2D eigenvalue weighted by Gasteiger charge is -2.11. The van der Waals surface area contributed by atoms with Crippen LogP contribution in [-0.4, -0.2) is 31.9 Å². The number of aryl methyl sites for hydroxylation is 1. The Balaban J connectivity index is 1.88. The molecular formula is C23H22N2O6S. The fourth-order valence-corrected chi connectivity index (χ4v) is 5.64. The van der Waals surface area contributed by atoms with Crippen molar-refractivity contribution in [1.29, 1.82) is 0 Å². The van der Waals surface area contributed by atoms with E-state index in [1.54, 1.807) is 24.3 Å². The maximum Gasteiger partial charge on any atom is 0.278 e. The van der Waals surface area contributed by atoms with Crippen LogP contribution in [0.2, 0.25) is 0 Å². The van der Waals surface area contributed by atoms with E-state index in [0.717, 1.165) is 11.1 Å². The number of sulfonamides is 1. The lowest BCUT2D eigenvalue weighted by atomic mass is 10.0. The molecule has 8 nitrogen and oxygen atoms in total. The van der Waals surface area contributed by atoms with Crippen LogP contribution in [0.1, 0.15) is 28.8 Å². The average Bonchev–Trinajstić information content (AvgIpc) is 3.55. The Kier molecular flexibility index (Phi) is 5.62. The second-order valence-corrected chi connectivity index (χ2v) is 9.31. The molecule has 0 amide bonds. The van der Waals surface area contributed by atoms with E-state index in [1.807, 2.05) is 37.3 Å². The molecule has 9 heteroatoms. The highest BCUT2D eigenvalue weighted by Crippen LogP contribution is 2.60. The Hall–Kier alpha value is -3.43. The first-order chi connectivity index (χ1) is 15.3. The van der Waals surface area contributed by atoms with Crippen LogP contribution < -0.4 is 9.47 Å². The van der Waals surface area contributed by atoms with E-state index in [2.05, 4.69) is 0 Å². The van der Waals surface area contributed by atoms with Crippen molar-refractivity contribution < 1.29 is 22.8 Å². The minimum Gasteiger partial charge on any atom is -0.493 e. The number of benzene rings is 3. The van der Waals surface area contributed by atoms with E-state index in [-0.39, 0.29) is 21.9 Å². The first-order valence-corrected chi connectivity index (χ1v) is 11.3. The molecule has 1 saturated heterocycles. The van der Waals surface area contributed by atoms with Gasteiger partial charge in [-0.15, -0.1) is 0 Å². The fraction of sp³-hybridized carbons (Fsp3) is 0.217. The van der Waals surface area contributed by atoms with Gasteiger partial charge in [0, 0.05) is 0 Å². The summed E-state index contributed by atoms with van der Waals surface area (Å²) in [7, 11) is -1.10. The smallest absolute Gasteiger partial charge is 0.278 e. The van der Waals surface area contributed by atoms with E-state index in [0.29, 0.717) is 5.75 Å². The quantitative estimate of drug-likeness (QED) is 0.298. The number of ether oxygens (including phenoxy) is 2. The topological polar surface area (TPSA) is 98.8 Å². The van der Waals surface area contributed by atoms with Gasteiger partial charge in [0.1, 0.15) is 0 Å². The Labute approximate surface area is 186 Å². The molecule has 0 saturated carbocycles. The Bertz CT molecular complexity index is 1260. The monoisotopic (exact) mass is 454 g/mol. The zero-order valence-corrected chi connectivity index (χ0v) is 18.6. The normalized spacial score (nSPS) is 19.9. The van der Waals surface area contributed by atoms with Crippen LogP contribution in [0.3, 0.4) is 0 Å². The molecule has 32 heavy (non-hydrogen) atoms. The van der Waals surface area contributed by atoms with E-state index < -0.39 is 27.0 Å². The van der Waals surface area contributed by atoms with E-state index in [4.69, 9.17) is 9.47 Å². The minimum absolute atomic E-state index is 0.134. The summed E-state index contributed by atoms with van der Waals surface area (Å²) in [4.78, 5) is 11.5. The molecule has 1 fully saturated rings. The maximum atomic E-state index is 13.5. The van der Waals surface area contributed by atoms with Gasteiger partial charge in [0.2, 0.25) is 10.0 Å². The van der Waals surface area contributed by atoms with Crippen LogP contribution in [0.15, 0.2) is 71.6 Å². The minimum atomic E-state index is -3.92. The van der Waals surface area contributed by atoms with Gasteiger partial charge in [-0.25, -0.2) is 8.42 Å². The van der Waals surface area contributed by atoms with Crippen molar-refractivity contribution >= 4 is 15.7 Å². The number of methoxy groups -OCH3 is 2. The summed E-state index contributed by atoms with van der Waals surface area (Å²) in [6.45, 7) is 1.87. The summed E-state index contributed by atoms with van der Waals surface area (Å²) in [5, 5.41) is 11.9. The van der Waals surface area contributed by atoms with E-state index in [9.17, 15) is 18.5 Å². The average molecular weight is 455 g/mol. The van der Waals surface area contributed by atoms with Crippen LogP contribution >= 0.6 is 0 Å². The standard InChI is InChI=1S/C23H22N2O6S/c1-15-9-11-17(12-10-15)32(28,29)24-22(16-7-5-4-6-8-16)23(24)18-13-20(30-2)21(31-3)14-19(18)25(26)27/h4-14,22-23H,1-3H3/t22-,23-,24?/m1/s1. The first kappa shape index (κ1) is 21.8. The third-order valence-electron chi connectivity index (χ3n) is 5.54. The van der Waals surface area contributed by atoms with Crippen molar-refractivity contribution in [3.63, 3.8) is 0 Å². The third kappa shape index (κ3) is 3.69. The molecule has 0 bridgehead atoms. The summed E-state index contributed by atoms with van der Waals surface area (Å²) in [5.41, 5.74) is 1.70. The van der Waals surface area contributed by atoms with Crippen LogP contribution in [-0.2, 0) is 10.0 Å². The number of nitrogens with zero attached hydrogens (tertiary/aromatic N) is 2. The molecule has 0 spiro atoms. The summed E-state index contributed by atoms with van der Waals surface area (Å²) in [6, 6.07) is 17.0. The number of rotatable bonds is 7. The molecule has 1 aliphatic heterocycles. The van der Waals surface area contributed by atoms with E-state index in [1.165, 1.54) is 30.7 Å². The van der Waals surface area contributed by atoms with Gasteiger partial charge in [0.15, 0.2) is 11.5 Å². The molecular weight excluding hydrogens is 432 g/mol. The fourth-order valence-electron chi connectivity index (χ4n) is 3.91. The predicted octanol–water partition coefficient (Wildman–Crippen LogP) is 4.41. The van der Waals surface area contributed by atoms with Gasteiger partial charge in [0.25, 0.3) is 5.69 Å². The second-order valence-electron chi connectivity index (χ2n) is 7.47. The molecule has 0 N–H and O–H groups in total. The van der Waals surface area contributed by atoms with Crippen molar-refractivity contribution in [3.8, 4) is 11.5 Å². The number of nitro benzene ring substituents is 1. The Morgan fingerprint density at radius 3 is 2.06 bits per heavy atom. The molecule has 0 radical (unpaired) electrons. The molecule has 3 aromatic rings. The van der Waals surface area contributed by atoms with Crippen molar-refractivity contribution in [2.45, 2.75) is 23.9 Å². The van der Waals surface area contributed by atoms with Gasteiger partial charge >= 0.3 is 0 Å². The molecule has 3 atom stereocenters. The van der Waals surface area contributed by atoms with Gasteiger partial charge in [-0.3, -0.25) is 10.1 Å². The lowest BCUT2D eigenvalue weighted by Crippen LogP contribution is -2.14. The van der Waals surface area contributed by atoms with Crippen LogP contribution in [0.4, 0.5) is 5.69 Å². The molecule has 1 heterocycles. The molecule has 4 rings (SSSR count). The third-order valence-corrected chi connectivity index (χ3v) is 7.42. The number of hydrogen-bond donors (Lipinski definition) is 0. The molecule has 0 aromatic heterocycles. The van der Waals surface area contributed by atoms with Crippen LogP contribution in [0, 0.1) is 17.0 Å². The summed E-state index contributed by atoms with van der Waals surface area (Å²) in [6.07, 6.45) is 0. The lowest BCUT2D eigenvalue weighted by molar-refractivity contribution is -0.385. The summed E-state index contributed by atoms with van der Waals surface area (Å²) >= 11 is 0. The maximum absolute atomic E-state index is 13.5. The SMILES string of the molecule is COc1cc([C@@H]2[C@@H](c3ccccc3)N2S(=O)(=O)c2ccc(C)cc2)c([N+](=O)[O-])cc1OC. The Morgan fingerprint density at radius 1 is 0.906 bits per heavy atom. The molecule has 166 valence electrons. The van der Waals surface area contributed by atoms with Crippen molar-refractivity contribution in [1.82, 2.24) is 4.31 Å². The van der Waals surface area contributed by atoms with Crippen LogP contribution in [0.25, 0.3) is 0 Å². The van der Waals surface area contributed by atoms with Crippen molar-refractivity contribution in [2.75, 3.05) is 14.2 Å². The number of nitro groups is 1. The highest BCUT2D eigenvalue weighted by molar-refractivity contribution is 7.89. The highest BCUT2D eigenvalue weighted by Gasteiger charge is 2.59. The van der Waals surface area contributed by atoms with Crippen LogP contribution in [0.5, 0.6) is 11.5 Å². The van der Waals surface area contributed by atoms with Gasteiger partial charge in [0.05, 0.1) is 47.8 Å². The zero-order chi connectivity index (χ0) is 23.0. The number of hydrogen-bond acceptors (Lipinski definition) is 6. The largest absolute Gasteiger partial charge is 0.493 e. The van der Waals surface area contributed by atoms with Crippen molar-refractivity contribution in [2.24, 2.45) is 0 Å².